The van der Waals surface area contributed by atoms with Crippen molar-refractivity contribution in [2.24, 2.45) is 0 Å². The Hall–Kier alpha value is -3.05. The minimum atomic E-state index is -0.626. The molecular formula is C23H22N2O2S. The maximum absolute atomic E-state index is 12.7. The maximum atomic E-state index is 12.7. The molecule has 3 aromatic carbocycles. The number of carbonyl (C=O) groups is 2. The lowest BCUT2D eigenvalue weighted by atomic mass is 10.2. The Balaban J connectivity index is 1.70. The number of amides is 2. The topological polar surface area (TPSA) is 49.4 Å². The van der Waals surface area contributed by atoms with Crippen LogP contribution in [0.25, 0.3) is 0 Å². The van der Waals surface area contributed by atoms with Crippen molar-refractivity contribution in [2.75, 3.05) is 11.9 Å². The molecule has 142 valence electrons. The van der Waals surface area contributed by atoms with E-state index in [0.29, 0.717) is 18.8 Å². The molecule has 0 aliphatic heterocycles. The molecule has 3 aromatic rings. The number of benzene rings is 3. The van der Waals surface area contributed by atoms with E-state index in [1.807, 2.05) is 91.9 Å². The van der Waals surface area contributed by atoms with Gasteiger partial charge in [0.2, 0.25) is 0 Å². The lowest BCUT2D eigenvalue weighted by Crippen LogP contribution is -2.39. The van der Waals surface area contributed by atoms with E-state index >= 15 is 0 Å². The van der Waals surface area contributed by atoms with Gasteiger partial charge < -0.3 is 10.2 Å². The monoisotopic (exact) mass is 390 g/mol. The Labute approximate surface area is 169 Å². The summed E-state index contributed by atoms with van der Waals surface area (Å²) in [5.74, 6) is -1.16. The number of likely N-dealkylation sites (N-methyl/N-ethyl adjacent to an activating group) is 1. The predicted molar refractivity (Wildman–Crippen MR) is 113 cm³/mol. The molecule has 0 atom stereocenters. The number of rotatable bonds is 6. The minimum absolute atomic E-state index is 0.407. The molecule has 0 unspecified atom stereocenters. The zero-order valence-electron chi connectivity index (χ0n) is 15.7. The first-order valence-corrected chi connectivity index (χ1v) is 9.95. The Morgan fingerprint density at radius 2 is 1.46 bits per heavy atom. The van der Waals surface area contributed by atoms with Gasteiger partial charge in [0, 0.05) is 22.9 Å². The third-order valence-corrected chi connectivity index (χ3v) is 5.27. The highest BCUT2D eigenvalue weighted by atomic mass is 32.2. The molecule has 0 bridgehead atoms. The molecule has 0 saturated carbocycles. The molecule has 0 radical (unpaired) electrons. The van der Waals surface area contributed by atoms with Gasteiger partial charge in [-0.1, -0.05) is 72.4 Å². The maximum Gasteiger partial charge on any atom is 0.313 e. The zero-order valence-corrected chi connectivity index (χ0v) is 16.5. The number of nitrogens with one attached hydrogen (secondary N) is 1. The van der Waals surface area contributed by atoms with Crippen molar-refractivity contribution in [3.63, 3.8) is 0 Å². The molecule has 1 N–H and O–H groups in total. The van der Waals surface area contributed by atoms with Crippen molar-refractivity contribution in [1.29, 1.82) is 0 Å². The van der Waals surface area contributed by atoms with Crippen molar-refractivity contribution in [2.45, 2.75) is 23.3 Å². The lowest BCUT2D eigenvalue weighted by Gasteiger charge is -2.20. The number of hydrogen-bond donors (Lipinski definition) is 1. The first-order valence-electron chi connectivity index (χ1n) is 9.13. The van der Waals surface area contributed by atoms with Crippen LogP contribution in [-0.2, 0) is 16.1 Å². The van der Waals surface area contributed by atoms with E-state index in [0.717, 1.165) is 15.4 Å². The first-order chi connectivity index (χ1) is 13.7. The summed E-state index contributed by atoms with van der Waals surface area (Å²) in [6.45, 7) is 2.74. The van der Waals surface area contributed by atoms with Crippen molar-refractivity contribution in [3.05, 3.63) is 90.5 Å². The van der Waals surface area contributed by atoms with Crippen LogP contribution in [-0.4, -0.2) is 23.3 Å². The van der Waals surface area contributed by atoms with Gasteiger partial charge in [0.05, 0.1) is 5.69 Å². The summed E-state index contributed by atoms with van der Waals surface area (Å²) >= 11 is 1.55. The first kappa shape index (κ1) is 19.7. The summed E-state index contributed by atoms with van der Waals surface area (Å²) in [5, 5.41) is 2.78. The van der Waals surface area contributed by atoms with Crippen LogP contribution in [0.1, 0.15) is 12.5 Å². The van der Waals surface area contributed by atoms with E-state index in [1.165, 1.54) is 4.90 Å². The second-order valence-corrected chi connectivity index (χ2v) is 7.29. The van der Waals surface area contributed by atoms with E-state index in [4.69, 9.17) is 0 Å². The second-order valence-electron chi connectivity index (χ2n) is 6.17. The summed E-state index contributed by atoms with van der Waals surface area (Å²) in [6, 6.07) is 27.1. The standard InChI is InChI=1S/C23H22N2O2S/c1-2-25(17-18-11-5-3-6-12-18)23(27)22(26)24-20-15-9-10-16-21(20)28-19-13-7-4-8-14-19/h3-16H,2,17H2,1H3,(H,24,26). The van der Waals surface area contributed by atoms with Crippen molar-refractivity contribution >= 4 is 29.3 Å². The van der Waals surface area contributed by atoms with Crippen LogP contribution in [0.2, 0.25) is 0 Å². The molecule has 0 fully saturated rings. The summed E-state index contributed by atoms with van der Waals surface area (Å²) < 4.78 is 0. The zero-order chi connectivity index (χ0) is 19.8. The normalized spacial score (nSPS) is 10.3. The third-order valence-electron chi connectivity index (χ3n) is 4.19. The van der Waals surface area contributed by atoms with Gasteiger partial charge in [0.1, 0.15) is 0 Å². The molecule has 28 heavy (non-hydrogen) atoms. The smallest absolute Gasteiger partial charge is 0.313 e. The fraction of sp³-hybridized carbons (Fsp3) is 0.130. The molecule has 0 aliphatic carbocycles. The van der Waals surface area contributed by atoms with E-state index in [9.17, 15) is 9.59 Å². The molecule has 0 aromatic heterocycles. The van der Waals surface area contributed by atoms with Crippen molar-refractivity contribution in [3.8, 4) is 0 Å². The fourth-order valence-electron chi connectivity index (χ4n) is 2.72. The molecule has 0 spiro atoms. The number of hydrogen-bond acceptors (Lipinski definition) is 3. The average molecular weight is 391 g/mol. The van der Waals surface area contributed by atoms with Crippen LogP contribution < -0.4 is 5.32 Å². The SMILES string of the molecule is CCN(Cc1ccccc1)C(=O)C(=O)Nc1ccccc1Sc1ccccc1. The largest absolute Gasteiger partial charge is 0.330 e. The second kappa shape index (κ2) is 9.76. The Bertz CT molecular complexity index is 930. The summed E-state index contributed by atoms with van der Waals surface area (Å²) in [5.41, 5.74) is 1.62. The molecule has 5 heteroatoms. The highest BCUT2D eigenvalue weighted by molar-refractivity contribution is 7.99. The van der Waals surface area contributed by atoms with Crippen molar-refractivity contribution < 1.29 is 9.59 Å². The van der Waals surface area contributed by atoms with Crippen LogP contribution in [0.5, 0.6) is 0 Å². The van der Waals surface area contributed by atoms with Gasteiger partial charge in [-0.25, -0.2) is 0 Å². The average Bonchev–Trinajstić information content (AvgIpc) is 2.74. The molecule has 2 amide bonds. The van der Waals surface area contributed by atoms with E-state index in [1.54, 1.807) is 11.8 Å². The fourth-order valence-corrected chi connectivity index (χ4v) is 3.65. The Kier molecular flexibility index (Phi) is 6.87. The number of anilines is 1. The van der Waals surface area contributed by atoms with Gasteiger partial charge in [-0.2, -0.15) is 0 Å². The van der Waals surface area contributed by atoms with Crippen LogP contribution in [0, 0.1) is 0 Å². The van der Waals surface area contributed by atoms with E-state index < -0.39 is 11.8 Å². The summed E-state index contributed by atoms with van der Waals surface area (Å²) in [6.07, 6.45) is 0. The van der Waals surface area contributed by atoms with Gasteiger partial charge >= 0.3 is 11.8 Å². The summed E-state index contributed by atoms with van der Waals surface area (Å²) in [7, 11) is 0. The highest BCUT2D eigenvalue weighted by Crippen LogP contribution is 2.33. The Morgan fingerprint density at radius 1 is 0.857 bits per heavy atom. The molecule has 4 nitrogen and oxygen atoms in total. The molecular weight excluding hydrogens is 368 g/mol. The van der Waals surface area contributed by atoms with E-state index in [-0.39, 0.29) is 0 Å². The predicted octanol–water partition coefficient (Wildman–Crippen LogP) is 4.83. The third kappa shape index (κ3) is 5.24. The van der Waals surface area contributed by atoms with Crippen LogP contribution in [0.4, 0.5) is 5.69 Å². The number of para-hydroxylation sites is 1. The van der Waals surface area contributed by atoms with Crippen LogP contribution >= 0.6 is 11.8 Å². The Morgan fingerprint density at radius 3 is 2.14 bits per heavy atom. The lowest BCUT2D eigenvalue weighted by molar-refractivity contribution is -0.143. The van der Waals surface area contributed by atoms with E-state index in [2.05, 4.69) is 5.32 Å². The molecule has 0 saturated heterocycles. The van der Waals surface area contributed by atoms with Gasteiger partial charge in [0.15, 0.2) is 0 Å². The summed E-state index contributed by atoms with van der Waals surface area (Å²) in [4.78, 5) is 28.7. The number of nitrogens with zero attached hydrogens (tertiary/aromatic N) is 1. The minimum Gasteiger partial charge on any atom is -0.330 e. The van der Waals surface area contributed by atoms with Crippen molar-refractivity contribution in [1.82, 2.24) is 4.90 Å². The number of carbonyl (C=O) groups excluding carboxylic acids is 2. The van der Waals surface area contributed by atoms with Crippen LogP contribution in [0.15, 0.2) is 94.7 Å². The molecule has 3 rings (SSSR count). The molecule has 0 heterocycles. The quantitative estimate of drug-likeness (QED) is 0.614. The van der Waals surface area contributed by atoms with Gasteiger partial charge in [-0.05, 0) is 36.8 Å². The van der Waals surface area contributed by atoms with Gasteiger partial charge in [-0.15, -0.1) is 0 Å². The molecule has 0 aliphatic rings. The van der Waals surface area contributed by atoms with Gasteiger partial charge in [-0.3, -0.25) is 9.59 Å². The van der Waals surface area contributed by atoms with Gasteiger partial charge in [0.25, 0.3) is 0 Å². The highest BCUT2D eigenvalue weighted by Gasteiger charge is 2.21. The van der Waals surface area contributed by atoms with Crippen LogP contribution in [0.3, 0.4) is 0 Å².